The number of hydrogen-bond acceptors (Lipinski definition) is 2. The second-order valence-corrected chi connectivity index (χ2v) is 3.98. The van der Waals surface area contributed by atoms with Gasteiger partial charge in [0.05, 0.1) is 6.10 Å². The Bertz CT molecular complexity index is 271. The standard InChI is InChI=1S/C14H22O2/c1-4-5-11-15-13(3)16-12(2)14-9-7-6-8-10-14/h6-10,12-13H,4-5,11H2,1-3H3. The lowest BCUT2D eigenvalue weighted by Gasteiger charge is -2.19. The Morgan fingerprint density at radius 1 is 1.12 bits per heavy atom. The second-order valence-electron chi connectivity index (χ2n) is 3.98. The van der Waals surface area contributed by atoms with Crippen molar-refractivity contribution in [1.29, 1.82) is 0 Å². The zero-order valence-corrected chi connectivity index (χ0v) is 10.5. The summed E-state index contributed by atoms with van der Waals surface area (Å²) in [4.78, 5) is 0. The molecule has 0 saturated heterocycles. The summed E-state index contributed by atoms with van der Waals surface area (Å²) >= 11 is 0. The van der Waals surface area contributed by atoms with Gasteiger partial charge in [-0.3, -0.25) is 0 Å². The Hall–Kier alpha value is -0.860. The largest absolute Gasteiger partial charge is 0.353 e. The number of ether oxygens (including phenoxy) is 2. The Morgan fingerprint density at radius 2 is 1.81 bits per heavy atom. The highest BCUT2D eigenvalue weighted by molar-refractivity contribution is 5.16. The van der Waals surface area contributed by atoms with Crippen molar-refractivity contribution in [3.8, 4) is 0 Å². The normalized spacial score (nSPS) is 14.7. The SMILES string of the molecule is CCCCOC(C)OC(C)c1ccccc1. The summed E-state index contributed by atoms with van der Waals surface area (Å²) in [6.07, 6.45) is 2.19. The van der Waals surface area contributed by atoms with Crippen LogP contribution in [-0.2, 0) is 9.47 Å². The quantitative estimate of drug-likeness (QED) is 0.514. The summed E-state index contributed by atoms with van der Waals surface area (Å²) < 4.78 is 11.3. The van der Waals surface area contributed by atoms with Gasteiger partial charge in [-0.05, 0) is 25.8 Å². The van der Waals surface area contributed by atoms with Crippen molar-refractivity contribution in [1.82, 2.24) is 0 Å². The minimum atomic E-state index is -0.137. The van der Waals surface area contributed by atoms with Crippen LogP contribution in [0.2, 0.25) is 0 Å². The summed E-state index contributed by atoms with van der Waals surface area (Å²) in [5.41, 5.74) is 1.19. The van der Waals surface area contributed by atoms with Gasteiger partial charge in [0.15, 0.2) is 6.29 Å². The van der Waals surface area contributed by atoms with E-state index in [0.29, 0.717) is 0 Å². The fourth-order valence-corrected chi connectivity index (χ4v) is 1.52. The molecule has 2 unspecified atom stereocenters. The molecule has 0 aliphatic carbocycles. The highest BCUT2D eigenvalue weighted by atomic mass is 16.7. The second kappa shape index (κ2) is 7.42. The van der Waals surface area contributed by atoms with E-state index in [9.17, 15) is 0 Å². The first-order chi connectivity index (χ1) is 7.74. The zero-order chi connectivity index (χ0) is 11.8. The van der Waals surface area contributed by atoms with Crippen molar-refractivity contribution in [3.05, 3.63) is 35.9 Å². The van der Waals surface area contributed by atoms with Crippen LogP contribution in [-0.4, -0.2) is 12.9 Å². The van der Waals surface area contributed by atoms with Gasteiger partial charge in [-0.2, -0.15) is 0 Å². The molecule has 0 spiro atoms. The third-order valence-corrected chi connectivity index (χ3v) is 2.52. The van der Waals surface area contributed by atoms with Crippen molar-refractivity contribution < 1.29 is 9.47 Å². The van der Waals surface area contributed by atoms with Gasteiger partial charge in [0.1, 0.15) is 0 Å². The van der Waals surface area contributed by atoms with Gasteiger partial charge >= 0.3 is 0 Å². The molecule has 0 heterocycles. The highest BCUT2D eigenvalue weighted by Gasteiger charge is 2.10. The molecular weight excluding hydrogens is 200 g/mol. The summed E-state index contributed by atoms with van der Waals surface area (Å²) in [5.74, 6) is 0. The van der Waals surface area contributed by atoms with Crippen molar-refractivity contribution in [2.75, 3.05) is 6.61 Å². The summed E-state index contributed by atoms with van der Waals surface area (Å²) in [7, 11) is 0. The van der Waals surface area contributed by atoms with Crippen molar-refractivity contribution in [2.45, 2.75) is 46.0 Å². The monoisotopic (exact) mass is 222 g/mol. The van der Waals surface area contributed by atoms with E-state index in [1.165, 1.54) is 5.56 Å². The van der Waals surface area contributed by atoms with E-state index in [1.54, 1.807) is 0 Å². The fourth-order valence-electron chi connectivity index (χ4n) is 1.52. The van der Waals surface area contributed by atoms with Crippen LogP contribution in [0, 0.1) is 0 Å². The van der Waals surface area contributed by atoms with E-state index >= 15 is 0 Å². The van der Waals surface area contributed by atoms with Crippen LogP contribution >= 0.6 is 0 Å². The zero-order valence-electron chi connectivity index (χ0n) is 10.5. The van der Waals surface area contributed by atoms with Crippen LogP contribution in [0.4, 0.5) is 0 Å². The maximum atomic E-state index is 5.76. The molecule has 0 bridgehead atoms. The molecule has 1 aromatic rings. The molecule has 2 atom stereocenters. The van der Waals surface area contributed by atoms with Crippen molar-refractivity contribution >= 4 is 0 Å². The third kappa shape index (κ3) is 4.77. The summed E-state index contributed by atoms with van der Waals surface area (Å²) in [5, 5.41) is 0. The predicted octanol–water partition coefficient (Wildman–Crippen LogP) is 3.93. The molecular formula is C14H22O2. The molecule has 2 nitrogen and oxygen atoms in total. The molecule has 0 saturated carbocycles. The van der Waals surface area contributed by atoms with Crippen LogP contribution in [0.25, 0.3) is 0 Å². The van der Waals surface area contributed by atoms with Gasteiger partial charge < -0.3 is 9.47 Å². The molecule has 0 fully saturated rings. The van der Waals surface area contributed by atoms with E-state index in [4.69, 9.17) is 9.47 Å². The lowest BCUT2D eigenvalue weighted by Crippen LogP contribution is -2.16. The molecule has 16 heavy (non-hydrogen) atoms. The van der Waals surface area contributed by atoms with Crippen molar-refractivity contribution in [3.63, 3.8) is 0 Å². The first-order valence-electron chi connectivity index (χ1n) is 6.06. The molecule has 1 rings (SSSR count). The van der Waals surface area contributed by atoms with Gasteiger partial charge in [-0.15, -0.1) is 0 Å². The lowest BCUT2D eigenvalue weighted by molar-refractivity contribution is -0.157. The topological polar surface area (TPSA) is 18.5 Å². The number of rotatable bonds is 7. The molecule has 1 aromatic carbocycles. The molecule has 2 heteroatoms. The smallest absolute Gasteiger partial charge is 0.155 e. The molecule has 0 aromatic heterocycles. The Kier molecular flexibility index (Phi) is 6.12. The van der Waals surface area contributed by atoms with E-state index in [0.717, 1.165) is 19.4 Å². The lowest BCUT2D eigenvalue weighted by atomic mass is 10.1. The van der Waals surface area contributed by atoms with Crippen LogP contribution in [0.3, 0.4) is 0 Å². The van der Waals surface area contributed by atoms with Gasteiger partial charge in [0, 0.05) is 6.61 Å². The molecule has 0 N–H and O–H groups in total. The first kappa shape index (κ1) is 13.2. The number of unbranched alkanes of at least 4 members (excludes halogenated alkanes) is 1. The van der Waals surface area contributed by atoms with Gasteiger partial charge in [0.2, 0.25) is 0 Å². The average molecular weight is 222 g/mol. The number of hydrogen-bond donors (Lipinski definition) is 0. The Morgan fingerprint density at radius 3 is 2.44 bits per heavy atom. The van der Waals surface area contributed by atoms with Crippen LogP contribution in [0.5, 0.6) is 0 Å². The van der Waals surface area contributed by atoms with E-state index in [1.807, 2.05) is 25.1 Å². The minimum absolute atomic E-state index is 0.0813. The molecule has 0 radical (unpaired) electrons. The van der Waals surface area contributed by atoms with Crippen LogP contribution in [0.15, 0.2) is 30.3 Å². The maximum absolute atomic E-state index is 5.76. The van der Waals surface area contributed by atoms with Crippen molar-refractivity contribution in [2.24, 2.45) is 0 Å². The van der Waals surface area contributed by atoms with Crippen LogP contribution < -0.4 is 0 Å². The molecule has 0 amide bonds. The van der Waals surface area contributed by atoms with E-state index in [-0.39, 0.29) is 12.4 Å². The minimum Gasteiger partial charge on any atom is -0.353 e. The number of benzene rings is 1. The van der Waals surface area contributed by atoms with E-state index in [2.05, 4.69) is 26.0 Å². The predicted molar refractivity (Wildman–Crippen MR) is 66.3 cm³/mol. The third-order valence-electron chi connectivity index (χ3n) is 2.52. The highest BCUT2D eigenvalue weighted by Crippen LogP contribution is 2.18. The summed E-state index contributed by atoms with van der Waals surface area (Å²) in [6, 6.07) is 10.2. The Balaban J connectivity index is 2.31. The first-order valence-corrected chi connectivity index (χ1v) is 6.06. The fraction of sp³-hybridized carbons (Fsp3) is 0.571. The van der Waals surface area contributed by atoms with E-state index < -0.39 is 0 Å². The average Bonchev–Trinajstić information content (AvgIpc) is 2.30. The maximum Gasteiger partial charge on any atom is 0.155 e. The summed E-state index contributed by atoms with van der Waals surface area (Å²) in [6.45, 7) is 6.94. The van der Waals surface area contributed by atoms with Gasteiger partial charge in [0.25, 0.3) is 0 Å². The Labute approximate surface area is 98.6 Å². The molecule has 0 aliphatic rings. The van der Waals surface area contributed by atoms with Gasteiger partial charge in [-0.25, -0.2) is 0 Å². The molecule has 0 aliphatic heterocycles. The van der Waals surface area contributed by atoms with Crippen LogP contribution in [0.1, 0.15) is 45.3 Å². The van der Waals surface area contributed by atoms with Gasteiger partial charge in [-0.1, -0.05) is 43.7 Å². The molecule has 90 valence electrons.